The molecule has 0 amide bonds. The molecular weight excluding hydrogens is 249 g/mol. The number of carboxylic acid groups (broad SMARTS) is 1. The van der Waals surface area contributed by atoms with Gasteiger partial charge in [0.25, 0.3) is 0 Å². The van der Waals surface area contributed by atoms with Gasteiger partial charge in [0.2, 0.25) is 0 Å². The summed E-state index contributed by atoms with van der Waals surface area (Å²) in [5.41, 5.74) is 0.728. The van der Waals surface area contributed by atoms with E-state index in [0.717, 1.165) is 0 Å². The molecule has 4 nitrogen and oxygen atoms in total. The van der Waals surface area contributed by atoms with Gasteiger partial charge in [-0.25, -0.2) is 14.2 Å². The van der Waals surface area contributed by atoms with E-state index in [1.54, 1.807) is 24.3 Å². The number of benzene rings is 1. The van der Waals surface area contributed by atoms with Gasteiger partial charge in [0.15, 0.2) is 11.4 Å². The van der Waals surface area contributed by atoms with Crippen molar-refractivity contribution in [2.24, 2.45) is 0 Å². The van der Waals surface area contributed by atoms with Gasteiger partial charge in [0.05, 0.1) is 0 Å². The van der Waals surface area contributed by atoms with E-state index in [1.165, 1.54) is 18.3 Å². The maximum atomic E-state index is 13.5. The van der Waals surface area contributed by atoms with E-state index < -0.39 is 11.8 Å². The van der Waals surface area contributed by atoms with E-state index in [9.17, 15) is 9.18 Å². The lowest BCUT2D eigenvalue weighted by Crippen LogP contribution is -1.98. The summed E-state index contributed by atoms with van der Waals surface area (Å²) in [4.78, 5) is 14.5. The zero-order valence-corrected chi connectivity index (χ0v) is 9.63. The number of fused-ring (bicyclic) bond motifs is 1. The van der Waals surface area contributed by atoms with Crippen molar-refractivity contribution in [2.75, 3.05) is 0 Å². The molecule has 1 aromatic carbocycles. The van der Waals surface area contributed by atoms with E-state index in [4.69, 9.17) is 9.52 Å². The topological polar surface area (TPSA) is 63.3 Å². The van der Waals surface area contributed by atoms with Crippen molar-refractivity contribution >= 4 is 16.9 Å². The monoisotopic (exact) mass is 257 g/mol. The molecule has 0 radical (unpaired) electrons. The zero-order chi connectivity index (χ0) is 13.4. The highest BCUT2D eigenvalue weighted by atomic mass is 19.1. The third kappa shape index (κ3) is 1.95. The van der Waals surface area contributed by atoms with E-state index >= 15 is 0 Å². The lowest BCUT2D eigenvalue weighted by Gasteiger charge is -1.96. The fraction of sp³-hybridized carbons (Fsp3) is 0. The summed E-state index contributed by atoms with van der Waals surface area (Å²) in [6, 6.07) is 9.30. The van der Waals surface area contributed by atoms with Gasteiger partial charge >= 0.3 is 5.97 Å². The van der Waals surface area contributed by atoms with Crippen LogP contribution in [0.15, 0.2) is 47.0 Å². The molecule has 19 heavy (non-hydrogen) atoms. The molecule has 5 heteroatoms. The van der Waals surface area contributed by atoms with Crippen LogP contribution in [0.2, 0.25) is 0 Å². The third-order valence-corrected chi connectivity index (χ3v) is 2.76. The molecule has 0 aliphatic carbocycles. The van der Waals surface area contributed by atoms with E-state index in [2.05, 4.69) is 4.98 Å². The summed E-state index contributed by atoms with van der Waals surface area (Å²) < 4.78 is 18.9. The molecule has 2 aromatic heterocycles. The van der Waals surface area contributed by atoms with Crippen LogP contribution < -0.4 is 0 Å². The van der Waals surface area contributed by atoms with Gasteiger partial charge in [-0.05, 0) is 24.3 Å². The van der Waals surface area contributed by atoms with Crippen LogP contribution in [0.25, 0.3) is 22.3 Å². The number of hydrogen-bond acceptors (Lipinski definition) is 3. The van der Waals surface area contributed by atoms with Crippen molar-refractivity contribution in [3.63, 3.8) is 0 Å². The van der Waals surface area contributed by atoms with Crippen molar-refractivity contribution in [3.8, 4) is 11.3 Å². The number of pyridine rings is 1. The quantitative estimate of drug-likeness (QED) is 0.764. The molecule has 94 valence electrons. The number of para-hydroxylation sites is 1. The van der Waals surface area contributed by atoms with E-state index in [-0.39, 0.29) is 11.3 Å². The molecule has 0 spiro atoms. The molecule has 0 unspecified atom stereocenters. The molecule has 1 N–H and O–H groups in total. The average molecular weight is 257 g/mol. The van der Waals surface area contributed by atoms with Crippen molar-refractivity contribution in [3.05, 3.63) is 54.1 Å². The maximum absolute atomic E-state index is 13.5. The summed E-state index contributed by atoms with van der Waals surface area (Å²) in [7, 11) is 0. The number of nitrogens with zero attached hydrogens (tertiary/aromatic N) is 1. The van der Waals surface area contributed by atoms with Gasteiger partial charge in [0.1, 0.15) is 11.5 Å². The highest BCUT2D eigenvalue weighted by molar-refractivity contribution is 5.86. The molecule has 3 rings (SSSR count). The molecular formula is C14H8FNO3. The molecule has 0 aliphatic heterocycles. The summed E-state index contributed by atoms with van der Waals surface area (Å²) in [6.45, 7) is 0. The third-order valence-electron chi connectivity index (χ3n) is 2.76. The predicted octanol–water partition coefficient (Wildman–Crippen LogP) is 3.33. The van der Waals surface area contributed by atoms with Crippen LogP contribution in [-0.4, -0.2) is 16.1 Å². The minimum Gasteiger partial charge on any atom is -0.477 e. The van der Waals surface area contributed by atoms with Crippen LogP contribution in [0, 0.1) is 5.82 Å². The lowest BCUT2D eigenvalue weighted by molar-refractivity contribution is 0.0690. The molecule has 2 heterocycles. The van der Waals surface area contributed by atoms with Crippen LogP contribution >= 0.6 is 0 Å². The highest BCUT2D eigenvalue weighted by Crippen LogP contribution is 2.28. The molecule has 0 fully saturated rings. The molecule has 0 saturated heterocycles. The maximum Gasteiger partial charge on any atom is 0.354 e. The minimum absolute atomic E-state index is 0.0500. The average Bonchev–Trinajstić information content (AvgIpc) is 2.84. The Hall–Kier alpha value is -2.69. The van der Waals surface area contributed by atoms with Gasteiger partial charge in [0, 0.05) is 17.1 Å². The lowest BCUT2D eigenvalue weighted by atomic mass is 10.2. The van der Waals surface area contributed by atoms with Crippen LogP contribution in [-0.2, 0) is 0 Å². The second-order valence-corrected chi connectivity index (χ2v) is 4.01. The summed E-state index contributed by atoms with van der Waals surface area (Å²) >= 11 is 0. The van der Waals surface area contributed by atoms with Crippen molar-refractivity contribution < 1.29 is 18.7 Å². The summed E-state index contributed by atoms with van der Waals surface area (Å²) in [6.07, 6.45) is 1.39. The zero-order valence-electron chi connectivity index (χ0n) is 9.63. The number of carboxylic acids is 1. The SMILES string of the molecule is O=C(O)c1ccc(-c2cc3cccc(F)c3o2)cn1. The Morgan fingerprint density at radius 1 is 1.26 bits per heavy atom. The first kappa shape index (κ1) is 11.4. The first-order chi connectivity index (χ1) is 9.15. The van der Waals surface area contributed by atoms with Gasteiger partial charge in [-0.2, -0.15) is 0 Å². The number of furan rings is 1. The molecule has 0 atom stereocenters. The molecule has 0 saturated carbocycles. The Balaban J connectivity index is 2.09. The Bertz CT molecular complexity index is 762. The highest BCUT2D eigenvalue weighted by Gasteiger charge is 2.11. The molecule has 3 aromatic rings. The van der Waals surface area contributed by atoms with Gasteiger partial charge in [-0.3, -0.25) is 0 Å². The number of halogens is 1. The number of rotatable bonds is 2. The number of hydrogen-bond donors (Lipinski definition) is 1. The van der Waals surface area contributed by atoms with Crippen molar-refractivity contribution in [2.45, 2.75) is 0 Å². The smallest absolute Gasteiger partial charge is 0.354 e. The first-order valence-corrected chi connectivity index (χ1v) is 5.53. The molecule has 0 aliphatic rings. The second-order valence-electron chi connectivity index (χ2n) is 4.01. The predicted molar refractivity (Wildman–Crippen MR) is 66.4 cm³/mol. The summed E-state index contributed by atoms with van der Waals surface area (Å²) in [5.74, 6) is -1.08. The van der Waals surface area contributed by atoms with Crippen LogP contribution in [0.1, 0.15) is 10.5 Å². The Labute approximate surface area is 107 Å². The van der Waals surface area contributed by atoms with Crippen LogP contribution in [0.5, 0.6) is 0 Å². The number of aromatic nitrogens is 1. The normalized spacial score (nSPS) is 10.8. The van der Waals surface area contributed by atoms with E-state index in [0.29, 0.717) is 16.7 Å². The molecule has 0 bridgehead atoms. The van der Waals surface area contributed by atoms with Crippen LogP contribution in [0.4, 0.5) is 4.39 Å². The second kappa shape index (κ2) is 4.20. The minimum atomic E-state index is -1.10. The number of carbonyl (C=O) groups is 1. The Kier molecular flexibility index (Phi) is 2.52. The largest absolute Gasteiger partial charge is 0.477 e. The standard InChI is InChI=1S/C14H8FNO3/c15-10-3-1-2-8-6-12(19-13(8)10)9-4-5-11(14(17)18)16-7-9/h1-7H,(H,17,18). The van der Waals surface area contributed by atoms with Gasteiger partial charge in [-0.1, -0.05) is 12.1 Å². The van der Waals surface area contributed by atoms with E-state index in [1.807, 2.05) is 0 Å². The Morgan fingerprint density at radius 3 is 2.74 bits per heavy atom. The number of aromatic carboxylic acids is 1. The van der Waals surface area contributed by atoms with Crippen LogP contribution in [0.3, 0.4) is 0 Å². The fourth-order valence-corrected chi connectivity index (χ4v) is 1.84. The van der Waals surface area contributed by atoms with Gasteiger partial charge in [-0.15, -0.1) is 0 Å². The Morgan fingerprint density at radius 2 is 2.11 bits per heavy atom. The fourth-order valence-electron chi connectivity index (χ4n) is 1.84. The first-order valence-electron chi connectivity index (χ1n) is 5.53. The van der Waals surface area contributed by atoms with Gasteiger partial charge < -0.3 is 9.52 Å². The van der Waals surface area contributed by atoms with Crippen molar-refractivity contribution in [1.29, 1.82) is 0 Å². The van der Waals surface area contributed by atoms with Crippen molar-refractivity contribution in [1.82, 2.24) is 4.98 Å². The summed E-state index contributed by atoms with van der Waals surface area (Å²) in [5, 5.41) is 9.41.